The second-order valence-electron chi connectivity index (χ2n) is 7.64. The van der Waals surface area contributed by atoms with Crippen LogP contribution in [-0.4, -0.2) is 51.1 Å². The quantitative estimate of drug-likeness (QED) is 0.124. The zero-order valence-corrected chi connectivity index (χ0v) is 20.6. The number of carbonyl (C=O) groups excluding carboxylic acids is 4. The van der Waals surface area contributed by atoms with Crippen molar-refractivity contribution >= 4 is 29.8 Å². The minimum absolute atomic E-state index is 0.235. The van der Waals surface area contributed by atoms with E-state index < -0.39 is 23.7 Å². The number of benzene rings is 2. The van der Waals surface area contributed by atoms with Crippen LogP contribution in [-0.2, 0) is 23.9 Å². The molecule has 0 aliphatic carbocycles. The number of ketones is 1. The standard InChI is InChI=1S/C27H30O9/c1-19(28)26(30)35-17-7-5-4-6-16-34-22-12-10-21(11-13-22)27(31)36-23-14-8-20(18-24(23)32-2)9-15-25(29)33-3/h8-15,18H,4-7,16-17H2,1-3H3. The third-order valence-electron chi connectivity index (χ3n) is 4.92. The lowest BCUT2D eigenvalue weighted by Gasteiger charge is -2.11. The van der Waals surface area contributed by atoms with E-state index in [2.05, 4.69) is 4.74 Å². The van der Waals surface area contributed by atoms with E-state index in [0.29, 0.717) is 35.7 Å². The molecule has 2 rings (SSSR count). The van der Waals surface area contributed by atoms with Gasteiger partial charge < -0.3 is 23.7 Å². The molecule has 0 aromatic heterocycles. The van der Waals surface area contributed by atoms with Crippen molar-refractivity contribution in [1.29, 1.82) is 0 Å². The van der Waals surface area contributed by atoms with Gasteiger partial charge in [0.05, 0.1) is 33.0 Å². The van der Waals surface area contributed by atoms with E-state index in [1.807, 2.05) is 0 Å². The van der Waals surface area contributed by atoms with Crippen LogP contribution in [0.3, 0.4) is 0 Å². The highest BCUT2D eigenvalue weighted by Crippen LogP contribution is 2.29. The van der Waals surface area contributed by atoms with Crippen molar-refractivity contribution in [3.8, 4) is 17.2 Å². The van der Waals surface area contributed by atoms with Crippen molar-refractivity contribution in [1.82, 2.24) is 0 Å². The lowest BCUT2D eigenvalue weighted by molar-refractivity contribution is -0.153. The molecule has 2 aromatic rings. The predicted molar refractivity (Wildman–Crippen MR) is 131 cm³/mol. The Bertz CT molecular complexity index is 1070. The van der Waals surface area contributed by atoms with Gasteiger partial charge in [0.15, 0.2) is 11.5 Å². The van der Waals surface area contributed by atoms with E-state index in [1.54, 1.807) is 48.5 Å². The van der Waals surface area contributed by atoms with Gasteiger partial charge in [-0.2, -0.15) is 0 Å². The number of methoxy groups -OCH3 is 2. The van der Waals surface area contributed by atoms with Gasteiger partial charge in [-0.3, -0.25) is 4.79 Å². The summed E-state index contributed by atoms with van der Waals surface area (Å²) in [4.78, 5) is 45.6. The van der Waals surface area contributed by atoms with Crippen LogP contribution in [0.2, 0.25) is 0 Å². The summed E-state index contributed by atoms with van der Waals surface area (Å²) >= 11 is 0. The van der Waals surface area contributed by atoms with E-state index in [4.69, 9.17) is 18.9 Å². The Balaban J connectivity index is 1.78. The number of rotatable bonds is 14. The number of esters is 3. The van der Waals surface area contributed by atoms with Gasteiger partial charge in [-0.1, -0.05) is 6.07 Å². The summed E-state index contributed by atoms with van der Waals surface area (Å²) in [6.07, 6.45) is 6.09. The normalized spacial score (nSPS) is 10.5. The molecule has 0 atom stereocenters. The molecule has 0 saturated carbocycles. The second kappa shape index (κ2) is 15.0. The molecular formula is C27H30O9. The summed E-state index contributed by atoms with van der Waals surface area (Å²) in [7, 11) is 2.75. The van der Waals surface area contributed by atoms with Crippen molar-refractivity contribution in [3.05, 3.63) is 59.7 Å². The number of ether oxygens (including phenoxy) is 5. The second-order valence-corrected chi connectivity index (χ2v) is 7.64. The van der Waals surface area contributed by atoms with Crippen molar-refractivity contribution in [2.24, 2.45) is 0 Å². The number of hydrogen-bond acceptors (Lipinski definition) is 9. The molecule has 0 heterocycles. The minimum atomic E-state index is -0.799. The van der Waals surface area contributed by atoms with Gasteiger partial charge in [-0.15, -0.1) is 0 Å². The van der Waals surface area contributed by atoms with Crippen LogP contribution in [0.15, 0.2) is 48.5 Å². The molecule has 0 radical (unpaired) electrons. The van der Waals surface area contributed by atoms with Gasteiger partial charge in [-0.25, -0.2) is 14.4 Å². The Morgan fingerprint density at radius 3 is 2.17 bits per heavy atom. The molecule has 0 aliphatic heterocycles. The lowest BCUT2D eigenvalue weighted by atomic mass is 10.2. The number of unbranched alkanes of at least 4 members (excludes halogenated alkanes) is 3. The zero-order chi connectivity index (χ0) is 26.3. The fourth-order valence-electron chi connectivity index (χ4n) is 2.96. The third-order valence-corrected chi connectivity index (χ3v) is 4.92. The number of Topliss-reactive ketones (excluding diaryl/α,β-unsaturated/α-hetero) is 1. The summed E-state index contributed by atoms with van der Waals surface area (Å²) in [5.41, 5.74) is 1.02. The maximum absolute atomic E-state index is 12.6. The third kappa shape index (κ3) is 9.61. The van der Waals surface area contributed by atoms with Crippen LogP contribution in [0.4, 0.5) is 0 Å². The smallest absolute Gasteiger partial charge is 0.374 e. The van der Waals surface area contributed by atoms with E-state index in [9.17, 15) is 19.2 Å². The summed E-state index contributed by atoms with van der Waals surface area (Å²) < 4.78 is 25.8. The molecule has 0 saturated heterocycles. The average Bonchev–Trinajstić information content (AvgIpc) is 2.89. The molecule has 9 heteroatoms. The molecule has 0 N–H and O–H groups in total. The maximum Gasteiger partial charge on any atom is 0.374 e. The molecule has 0 unspecified atom stereocenters. The van der Waals surface area contributed by atoms with Gasteiger partial charge in [0.25, 0.3) is 0 Å². The SMILES string of the molecule is COC(=O)C=Cc1ccc(OC(=O)c2ccc(OCCCCCCOC(=O)C(C)=O)cc2)c(OC)c1. The number of carbonyl (C=O) groups is 4. The van der Waals surface area contributed by atoms with E-state index in [-0.39, 0.29) is 12.4 Å². The summed E-state index contributed by atoms with van der Waals surface area (Å²) in [5.74, 6) is -1.22. The first kappa shape index (κ1) is 28.1. The first-order valence-electron chi connectivity index (χ1n) is 11.4. The Morgan fingerprint density at radius 1 is 0.833 bits per heavy atom. The van der Waals surface area contributed by atoms with Crippen molar-refractivity contribution in [3.63, 3.8) is 0 Å². The highest BCUT2D eigenvalue weighted by Gasteiger charge is 2.13. The molecule has 0 bridgehead atoms. The summed E-state index contributed by atoms with van der Waals surface area (Å²) in [6.45, 7) is 1.92. The molecule has 36 heavy (non-hydrogen) atoms. The molecule has 192 valence electrons. The highest BCUT2D eigenvalue weighted by molar-refractivity contribution is 6.32. The fraction of sp³-hybridized carbons (Fsp3) is 0.333. The van der Waals surface area contributed by atoms with Crippen LogP contribution in [0.1, 0.15) is 48.5 Å². The van der Waals surface area contributed by atoms with Crippen LogP contribution in [0.25, 0.3) is 6.08 Å². The largest absolute Gasteiger partial charge is 0.494 e. The van der Waals surface area contributed by atoms with Crippen LogP contribution < -0.4 is 14.2 Å². The number of hydrogen-bond donors (Lipinski definition) is 0. The molecular weight excluding hydrogens is 468 g/mol. The van der Waals surface area contributed by atoms with Crippen molar-refractivity contribution in [2.75, 3.05) is 27.4 Å². The van der Waals surface area contributed by atoms with Gasteiger partial charge in [-0.05, 0) is 73.7 Å². The minimum Gasteiger partial charge on any atom is -0.494 e. The van der Waals surface area contributed by atoms with Crippen LogP contribution in [0.5, 0.6) is 17.2 Å². The van der Waals surface area contributed by atoms with Gasteiger partial charge in [0.1, 0.15) is 5.75 Å². The van der Waals surface area contributed by atoms with Gasteiger partial charge in [0.2, 0.25) is 5.78 Å². The summed E-state index contributed by atoms with van der Waals surface area (Å²) in [5, 5.41) is 0. The first-order valence-corrected chi connectivity index (χ1v) is 11.4. The zero-order valence-electron chi connectivity index (χ0n) is 20.6. The molecule has 0 aliphatic rings. The van der Waals surface area contributed by atoms with E-state index in [1.165, 1.54) is 27.2 Å². The summed E-state index contributed by atoms with van der Waals surface area (Å²) in [6, 6.07) is 11.5. The predicted octanol–water partition coefficient (Wildman–Crippen LogP) is 4.17. The molecule has 2 aromatic carbocycles. The molecule has 0 spiro atoms. The van der Waals surface area contributed by atoms with Gasteiger partial charge in [0, 0.05) is 13.0 Å². The lowest BCUT2D eigenvalue weighted by Crippen LogP contribution is -2.14. The Hall–Kier alpha value is -4.14. The van der Waals surface area contributed by atoms with E-state index in [0.717, 1.165) is 19.3 Å². The fourth-order valence-corrected chi connectivity index (χ4v) is 2.96. The molecule has 0 amide bonds. The molecule has 0 fully saturated rings. The van der Waals surface area contributed by atoms with Gasteiger partial charge >= 0.3 is 17.9 Å². The highest BCUT2D eigenvalue weighted by atomic mass is 16.6. The Morgan fingerprint density at radius 2 is 1.53 bits per heavy atom. The topological polar surface area (TPSA) is 114 Å². The van der Waals surface area contributed by atoms with E-state index >= 15 is 0 Å². The first-order chi connectivity index (χ1) is 17.3. The average molecular weight is 499 g/mol. The monoisotopic (exact) mass is 498 g/mol. The Labute approximate surface area is 209 Å². The van der Waals surface area contributed by atoms with Crippen molar-refractivity contribution < 1.29 is 42.9 Å². The maximum atomic E-state index is 12.6. The molecule has 9 nitrogen and oxygen atoms in total. The van der Waals surface area contributed by atoms with Crippen molar-refractivity contribution in [2.45, 2.75) is 32.6 Å². The van der Waals surface area contributed by atoms with Crippen LogP contribution in [0, 0.1) is 0 Å². The Kier molecular flexibility index (Phi) is 11.7. The van der Waals surface area contributed by atoms with Crippen LogP contribution >= 0.6 is 0 Å².